The second kappa shape index (κ2) is 23.5. The van der Waals surface area contributed by atoms with E-state index in [0.717, 1.165) is 77.8 Å². The molecule has 2 saturated carbocycles. The second-order valence-corrected chi connectivity index (χ2v) is 26.3. The van der Waals surface area contributed by atoms with Gasteiger partial charge in [0, 0.05) is 107 Å². The predicted molar refractivity (Wildman–Crippen MR) is 318 cm³/mol. The molecule has 84 heavy (non-hydrogen) atoms. The van der Waals surface area contributed by atoms with E-state index >= 15 is 8.78 Å². The summed E-state index contributed by atoms with van der Waals surface area (Å²) in [7, 11) is 1.53. The molecule has 2 atom stereocenters. The van der Waals surface area contributed by atoms with Crippen LogP contribution in [0, 0.1) is 28.4 Å². The maximum atomic E-state index is 17.8. The summed E-state index contributed by atoms with van der Waals surface area (Å²) in [5.74, 6) is 0.327. The Hall–Kier alpha value is -6.41. The highest BCUT2D eigenvalue weighted by atomic mass is 35.5. The van der Waals surface area contributed by atoms with E-state index in [9.17, 15) is 19.2 Å². The van der Waals surface area contributed by atoms with Gasteiger partial charge in [0.05, 0.1) is 29.4 Å². The Morgan fingerprint density at radius 1 is 0.810 bits per heavy atom. The topological polar surface area (TPSA) is 162 Å². The third-order valence-electron chi connectivity index (χ3n) is 19.1. The number of piperazine rings is 2. The molecule has 1 N–H and O–H groups in total. The van der Waals surface area contributed by atoms with Gasteiger partial charge in [0.2, 0.25) is 5.91 Å². The number of halogens is 3. The minimum atomic E-state index is -0.637. The van der Waals surface area contributed by atoms with Crippen molar-refractivity contribution in [2.75, 3.05) is 102 Å². The van der Waals surface area contributed by atoms with Crippen molar-refractivity contribution in [1.82, 2.24) is 34.9 Å². The van der Waals surface area contributed by atoms with Gasteiger partial charge in [-0.25, -0.2) is 18.4 Å². The van der Waals surface area contributed by atoms with E-state index in [1.807, 2.05) is 49.6 Å². The van der Waals surface area contributed by atoms with E-state index in [0.29, 0.717) is 100 Å². The zero-order valence-electron chi connectivity index (χ0n) is 49.1. The predicted octanol–water partition coefficient (Wildman–Crippen LogP) is 10.9. The lowest BCUT2D eigenvalue weighted by atomic mass is 9.65. The van der Waals surface area contributed by atoms with Gasteiger partial charge in [-0.2, -0.15) is 9.97 Å². The molecule has 5 aliphatic heterocycles. The average Bonchev–Trinajstić information content (AvgIpc) is 2.30. The van der Waals surface area contributed by atoms with Crippen molar-refractivity contribution in [3.63, 3.8) is 0 Å². The molecule has 5 amide bonds. The highest BCUT2D eigenvalue weighted by Gasteiger charge is 2.48. The number of rotatable bonds is 15. The lowest BCUT2D eigenvalue weighted by molar-refractivity contribution is -0.120. The van der Waals surface area contributed by atoms with Crippen LogP contribution < -0.4 is 24.6 Å². The van der Waals surface area contributed by atoms with Gasteiger partial charge in [-0.05, 0) is 167 Å². The van der Waals surface area contributed by atoms with Crippen molar-refractivity contribution in [3.8, 4) is 22.9 Å². The van der Waals surface area contributed by atoms with Crippen LogP contribution in [-0.4, -0.2) is 164 Å². The van der Waals surface area contributed by atoms with Crippen LogP contribution in [0.2, 0.25) is 5.02 Å². The number of nitrogens with one attached hydrogen (secondary N) is 1. The molecule has 2 aliphatic carbocycles. The molecule has 7 fully saturated rings. The van der Waals surface area contributed by atoms with Gasteiger partial charge in [0.15, 0.2) is 12.6 Å². The van der Waals surface area contributed by atoms with E-state index in [2.05, 4.69) is 20.0 Å². The van der Waals surface area contributed by atoms with Crippen molar-refractivity contribution in [3.05, 3.63) is 82.4 Å². The first-order valence-corrected chi connectivity index (χ1v) is 30.7. The Balaban J connectivity index is 0.691. The number of likely N-dealkylation sites (tertiary alicyclic amines) is 1. The molecule has 1 spiro atoms. The molecule has 1 aromatic heterocycles. The lowest BCUT2D eigenvalue weighted by Gasteiger charge is -2.47. The number of urea groups is 1. The summed E-state index contributed by atoms with van der Waals surface area (Å²) in [5, 5.41) is 4.53. The van der Waals surface area contributed by atoms with Crippen LogP contribution in [0.5, 0.6) is 11.8 Å². The van der Waals surface area contributed by atoms with Gasteiger partial charge in [0.1, 0.15) is 28.5 Å². The highest BCUT2D eigenvalue weighted by Crippen LogP contribution is 2.49. The number of imide groups is 1. The van der Waals surface area contributed by atoms with Gasteiger partial charge in [0.25, 0.3) is 5.91 Å². The van der Waals surface area contributed by atoms with E-state index in [1.165, 1.54) is 43.8 Å². The third kappa shape index (κ3) is 12.0. The largest absolute Gasteiger partial charge is 0.468 e. The summed E-state index contributed by atoms with van der Waals surface area (Å²) in [6, 6.07) is 14.6. The number of aryl methyl sites for hydroxylation is 1. The normalized spacial score (nSPS) is 22.0. The van der Waals surface area contributed by atoms with Crippen LogP contribution in [-0.2, 0) is 20.7 Å². The number of anilines is 2. The number of benzene rings is 4. The molecule has 2 unspecified atom stereocenters. The molecule has 448 valence electrons. The van der Waals surface area contributed by atoms with Crippen molar-refractivity contribution in [2.45, 2.75) is 122 Å². The van der Waals surface area contributed by atoms with E-state index in [-0.39, 0.29) is 83.5 Å². The highest BCUT2D eigenvalue weighted by molar-refractivity contribution is 6.34. The number of hydrogen-bond acceptors (Lipinski definition) is 13. The fraction of sp³-hybridized carbons (Fsp3) is 0.562. The number of fused-ring (bicyclic) bond motifs is 4. The number of aromatic nitrogens is 2. The summed E-state index contributed by atoms with van der Waals surface area (Å²) in [6.45, 7) is 16.4. The zero-order chi connectivity index (χ0) is 58.7. The van der Waals surface area contributed by atoms with Gasteiger partial charge in [-0.1, -0.05) is 30.7 Å². The van der Waals surface area contributed by atoms with E-state index < -0.39 is 17.4 Å². The molecular formula is C64H78ClF2N9O8. The number of amides is 5. The Kier molecular flexibility index (Phi) is 16.2. The minimum absolute atomic E-state index is 0.0181. The number of carbonyl (C=O) groups excluding carboxylic acids is 4. The Labute approximate surface area is 495 Å². The quantitative estimate of drug-likeness (QED) is 0.0987. The van der Waals surface area contributed by atoms with Crippen molar-refractivity contribution in [1.29, 1.82) is 0 Å². The first kappa shape index (κ1) is 58.0. The molecule has 4 aromatic carbocycles. The van der Waals surface area contributed by atoms with Crippen LogP contribution in [0.15, 0.2) is 54.6 Å². The van der Waals surface area contributed by atoms with E-state index in [4.69, 9.17) is 40.5 Å². The summed E-state index contributed by atoms with van der Waals surface area (Å²) in [4.78, 5) is 74.2. The van der Waals surface area contributed by atoms with Gasteiger partial charge in [-0.15, -0.1) is 0 Å². The molecule has 7 aliphatic rings. The lowest BCUT2D eigenvalue weighted by Crippen LogP contribution is -2.57. The molecule has 5 saturated heterocycles. The summed E-state index contributed by atoms with van der Waals surface area (Å²) < 4.78 is 57.0. The molecule has 6 heterocycles. The number of hydrogen-bond donors (Lipinski definition) is 1. The second-order valence-electron chi connectivity index (χ2n) is 25.9. The summed E-state index contributed by atoms with van der Waals surface area (Å²) in [5.41, 5.74) is 1.78. The first-order chi connectivity index (χ1) is 40.4. The average molecular weight is 1170 g/mol. The number of carbonyl (C=O) groups is 4. The smallest absolute Gasteiger partial charge is 0.410 e. The Bertz CT molecular complexity index is 3340. The number of piperidine rings is 1. The van der Waals surface area contributed by atoms with Crippen molar-refractivity contribution in [2.24, 2.45) is 16.7 Å². The van der Waals surface area contributed by atoms with Gasteiger partial charge < -0.3 is 38.5 Å². The summed E-state index contributed by atoms with van der Waals surface area (Å²) in [6.07, 6.45) is 10.6. The zero-order valence-corrected chi connectivity index (χ0v) is 49.8. The molecule has 5 aromatic rings. The standard InChI is InChI=1S/C64H78ClF2N9O8/c1-6-46-51(66)14-8-41-31-45(83-39-81-5)33-49(54(41)46)47-11-12-48-56(55(47)67)69-59(70-57(48)74-35-43-9-10-44(36-74)76(43)61(80)84-62(2,3)4)82-38-64(20-21-64)37-72-29-27-71(28-30-72)34-40-15-18-63(19-16-40)22-25-73(26-23-63)58(78)42-7-13-50(65)52(32-42)75-24-17-53(77)68-60(75)79/h7-8,11-14,31-33,40,43-44H,6,9-10,15-30,34-39H2,1-5H3,(H,68,77,79). The van der Waals surface area contributed by atoms with Crippen molar-refractivity contribution >= 4 is 68.7 Å². The Morgan fingerprint density at radius 3 is 2.21 bits per heavy atom. The van der Waals surface area contributed by atoms with Crippen molar-refractivity contribution < 1.29 is 46.9 Å². The number of methoxy groups -OCH3 is 1. The number of ether oxygens (including phenoxy) is 4. The van der Waals surface area contributed by atoms with Crippen LogP contribution in [0.4, 0.5) is 29.9 Å². The SMILES string of the molecule is CCc1c(F)ccc2cc(OCOC)cc(-c3ccc4c(N5CC6CCC(C5)N6C(=O)OC(C)(C)C)nc(OCC5(CN6CCN(CC7CCC8(CC7)CCN(C(=O)c7ccc(Cl)c(N9CCC(=O)NC9=O)c7)CC8)CC6)CC5)nc4c3F)c12. The van der Waals surface area contributed by atoms with Crippen LogP contribution in [0.25, 0.3) is 32.8 Å². The fourth-order valence-electron chi connectivity index (χ4n) is 14.3. The Morgan fingerprint density at radius 2 is 1.54 bits per heavy atom. The molecular weight excluding hydrogens is 1100 g/mol. The monoisotopic (exact) mass is 1170 g/mol. The molecule has 20 heteroatoms. The first-order valence-electron chi connectivity index (χ1n) is 30.3. The maximum absolute atomic E-state index is 17.8. The molecule has 17 nitrogen and oxygen atoms in total. The third-order valence-corrected chi connectivity index (χ3v) is 19.4. The van der Waals surface area contributed by atoms with Gasteiger partial charge >= 0.3 is 18.1 Å². The fourth-order valence-corrected chi connectivity index (χ4v) is 14.5. The molecule has 0 radical (unpaired) electrons. The molecule has 2 bridgehead atoms. The van der Waals surface area contributed by atoms with Crippen LogP contribution >= 0.6 is 11.6 Å². The number of nitrogens with zero attached hydrogens (tertiary/aromatic N) is 8. The summed E-state index contributed by atoms with van der Waals surface area (Å²) >= 11 is 6.48. The maximum Gasteiger partial charge on any atom is 0.410 e. The van der Waals surface area contributed by atoms with Crippen LogP contribution in [0.3, 0.4) is 0 Å². The van der Waals surface area contributed by atoms with E-state index in [1.54, 1.807) is 36.4 Å². The molecule has 12 rings (SSSR count). The van der Waals surface area contributed by atoms with Crippen LogP contribution in [0.1, 0.15) is 114 Å². The van der Waals surface area contributed by atoms with Gasteiger partial charge in [-0.3, -0.25) is 24.7 Å². The minimum Gasteiger partial charge on any atom is -0.468 e.